The van der Waals surface area contributed by atoms with Crippen LogP contribution in [-0.2, 0) is 6.42 Å². The predicted molar refractivity (Wildman–Crippen MR) is 82.4 cm³/mol. The van der Waals surface area contributed by atoms with E-state index in [0.29, 0.717) is 0 Å². The first kappa shape index (κ1) is 16.2. The van der Waals surface area contributed by atoms with Gasteiger partial charge in [-0.2, -0.15) is 0 Å². The summed E-state index contributed by atoms with van der Waals surface area (Å²) in [6.07, 6.45) is 4.69. The highest BCUT2D eigenvalue weighted by atomic mass is 16.3. The Morgan fingerprint density at radius 1 is 1.11 bits per heavy atom. The van der Waals surface area contributed by atoms with Crippen LogP contribution in [-0.4, -0.2) is 35.7 Å². The molecule has 0 heterocycles. The van der Waals surface area contributed by atoms with Crippen LogP contribution in [0.4, 0.5) is 0 Å². The molecular formula is C17H29NO. The number of nitrogens with zero attached hydrogens (tertiary/aromatic N) is 1. The third kappa shape index (κ3) is 4.05. The van der Waals surface area contributed by atoms with Gasteiger partial charge in [0.25, 0.3) is 0 Å². The van der Waals surface area contributed by atoms with Gasteiger partial charge in [0.05, 0.1) is 6.10 Å². The molecule has 0 fully saturated rings. The molecule has 1 atom stereocenters. The maximum atomic E-state index is 10.6. The van der Waals surface area contributed by atoms with Gasteiger partial charge >= 0.3 is 0 Å². The molecule has 1 aromatic rings. The summed E-state index contributed by atoms with van der Waals surface area (Å²) in [5, 5.41) is 10.6. The van der Waals surface area contributed by atoms with Crippen molar-refractivity contribution in [3.8, 4) is 0 Å². The summed E-state index contributed by atoms with van der Waals surface area (Å²) >= 11 is 0. The van der Waals surface area contributed by atoms with E-state index in [4.69, 9.17) is 0 Å². The van der Waals surface area contributed by atoms with E-state index >= 15 is 0 Å². The molecule has 0 radical (unpaired) electrons. The summed E-state index contributed by atoms with van der Waals surface area (Å²) in [5.41, 5.74) is 1.29. The van der Waals surface area contributed by atoms with Crippen LogP contribution in [0.2, 0.25) is 0 Å². The zero-order chi connectivity index (χ0) is 14.3. The Bertz CT molecular complexity index is 344. The molecule has 0 amide bonds. The van der Waals surface area contributed by atoms with E-state index in [0.717, 1.165) is 32.1 Å². The van der Waals surface area contributed by atoms with Crippen LogP contribution in [0.25, 0.3) is 0 Å². The maximum Gasteiger partial charge on any atom is 0.0723 e. The number of aliphatic hydroxyl groups excluding tert-OH is 1. The molecule has 108 valence electrons. The minimum Gasteiger partial charge on any atom is -0.391 e. The molecule has 1 aromatic carbocycles. The largest absolute Gasteiger partial charge is 0.391 e. The van der Waals surface area contributed by atoms with Crippen molar-refractivity contribution in [2.45, 2.75) is 57.6 Å². The molecule has 2 nitrogen and oxygen atoms in total. The lowest BCUT2D eigenvalue weighted by atomic mass is 9.82. The summed E-state index contributed by atoms with van der Waals surface area (Å²) < 4.78 is 0. The van der Waals surface area contributed by atoms with E-state index < -0.39 is 0 Å². The highest BCUT2D eigenvalue weighted by Gasteiger charge is 2.36. The Morgan fingerprint density at radius 2 is 1.68 bits per heavy atom. The number of aliphatic hydroxyl groups is 1. The molecule has 1 N–H and O–H groups in total. The quantitative estimate of drug-likeness (QED) is 0.776. The van der Waals surface area contributed by atoms with E-state index in [-0.39, 0.29) is 11.6 Å². The number of hydrogen-bond acceptors (Lipinski definition) is 2. The second kappa shape index (κ2) is 7.66. The number of benzene rings is 1. The lowest BCUT2D eigenvalue weighted by Gasteiger charge is -2.42. The standard InChI is InChI=1S/C17H29NO/c1-5-17(6-2,18(3)4)16(19)14-10-13-15-11-8-7-9-12-15/h7-9,11-12,16,19H,5-6,10,13-14H2,1-4H3. The minimum atomic E-state index is -0.249. The monoisotopic (exact) mass is 263 g/mol. The lowest BCUT2D eigenvalue weighted by Crippen LogP contribution is -2.52. The molecular weight excluding hydrogens is 234 g/mol. The zero-order valence-corrected chi connectivity index (χ0v) is 12.9. The van der Waals surface area contributed by atoms with Crippen molar-refractivity contribution in [3.63, 3.8) is 0 Å². The Kier molecular flexibility index (Phi) is 6.53. The Hall–Kier alpha value is -0.860. The molecule has 0 aromatic heterocycles. The van der Waals surface area contributed by atoms with Crippen molar-refractivity contribution in [2.75, 3.05) is 14.1 Å². The fourth-order valence-corrected chi connectivity index (χ4v) is 3.06. The first-order chi connectivity index (χ1) is 9.06. The van der Waals surface area contributed by atoms with Gasteiger partial charge in [0.15, 0.2) is 0 Å². The van der Waals surface area contributed by atoms with Crippen LogP contribution >= 0.6 is 0 Å². The first-order valence-corrected chi connectivity index (χ1v) is 7.46. The highest BCUT2D eigenvalue weighted by Crippen LogP contribution is 2.28. The van der Waals surface area contributed by atoms with Crippen molar-refractivity contribution in [1.82, 2.24) is 4.90 Å². The predicted octanol–water partition coefficient (Wildman–Crippen LogP) is 3.49. The second-order valence-electron chi connectivity index (χ2n) is 5.60. The van der Waals surface area contributed by atoms with Gasteiger partial charge in [-0.15, -0.1) is 0 Å². The van der Waals surface area contributed by atoms with Crippen LogP contribution in [0.1, 0.15) is 45.1 Å². The van der Waals surface area contributed by atoms with Crippen molar-refractivity contribution >= 4 is 0 Å². The van der Waals surface area contributed by atoms with Crippen LogP contribution in [0, 0.1) is 0 Å². The number of aryl methyl sites for hydroxylation is 1. The highest BCUT2D eigenvalue weighted by molar-refractivity contribution is 5.14. The Morgan fingerprint density at radius 3 is 2.16 bits per heavy atom. The van der Waals surface area contributed by atoms with Crippen molar-refractivity contribution < 1.29 is 5.11 Å². The SMILES string of the molecule is CCC(CC)(C(O)CCCc1ccccc1)N(C)C. The van der Waals surface area contributed by atoms with E-state index in [1.807, 2.05) is 6.07 Å². The average Bonchev–Trinajstić information content (AvgIpc) is 2.41. The van der Waals surface area contributed by atoms with Crippen LogP contribution in [0.3, 0.4) is 0 Å². The van der Waals surface area contributed by atoms with Gasteiger partial charge in [-0.05, 0) is 51.8 Å². The fourth-order valence-electron chi connectivity index (χ4n) is 3.06. The van der Waals surface area contributed by atoms with Gasteiger partial charge in [0, 0.05) is 5.54 Å². The smallest absolute Gasteiger partial charge is 0.0723 e. The summed E-state index contributed by atoms with van der Waals surface area (Å²) in [6, 6.07) is 10.5. The van der Waals surface area contributed by atoms with Crippen LogP contribution in [0.15, 0.2) is 30.3 Å². The molecule has 1 unspecified atom stereocenters. The summed E-state index contributed by atoms with van der Waals surface area (Å²) in [6.45, 7) is 4.34. The molecule has 0 saturated heterocycles. The molecule has 0 aliphatic heterocycles. The van der Waals surface area contributed by atoms with Gasteiger partial charge in [-0.3, -0.25) is 0 Å². The Balaban J connectivity index is 2.51. The normalized spacial score (nSPS) is 13.8. The van der Waals surface area contributed by atoms with Gasteiger partial charge in [-0.25, -0.2) is 0 Å². The molecule has 0 saturated carbocycles. The fraction of sp³-hybridized carbons (Fsp3) is 0.647. The third-order valence-corrected chi connectivity index (χ3v) is 4.52. The topological polar surface area (TPSA) is 23.5 Å². The second-order valence-corrected chi connectivity index (χ2v) is 5.60. The van der Waals surface area contributed by atoms with Gasteiger partial charge in [0.1, 0.15) is 0 Å². The van der Waals surface area contributed by atoms with E-state index in [1.165, 1.54) is 5.56 Å². The van der Waals surface area contributed by atoms with E-state index in [1.54, 1.807) is 0 Å². The number of likely N-dealkylation sites (N-methyl/N-ethyl adjacent to an activating group) is 1. The van der Waals surface area contributed by atoms with Crippen LogP contribution < -0.4 is 0 Å². The average molecular weight is 263 g/mol. The molecule has 1 rings (SSSR count). The molecule has 0 spiro atoms. The zero-order valence-electron chi connectivity index (χ0n) is 12.9. The van der Waals surface area contributed by atoms with Gasteiger partial charge < -0.3 is 10.0 Å². The molecule has 2 heteroatoms. The molecule has 0 bridgehead atoms. The van der Waals surface area contributed by atoms with Crippen molar-refractivity contribution in [1.29, 1.82) is 0 Å². The van der Waals surface area contributed by atoms with Gasteiger partial charge in [-0.1, -0.05) is 44.2 Å². The third-order valence-electron chi connectivity index (χ3n) is 4.52. The number of rotatable bonds is 8. The summed E-state index contributed by atoms with van der Waals surface area (Å²) in [7, 11) is 4.15. The number of hydrogen-bond donors (Lipinski definition) is 1. The van der Waals surface area contributed by atoms with E-state index in [2.05, 4.69) is 57.1 Å². The summed E-state index contributed by atoms with van der Waals surface area (Å²) in [4.78, 5) is 2.19. The van der Waals surface area contributed by atoms with Crippen LogP contribution in [0.5, 0.6) is 0 Å². The van der Waals surface area contributed by atoms with Gasteiger partial charge in [0.2, 0.25) is 0 Å². The molecule has 0 aliphatic carbocycles. The minimum absolute atomic E-state index is 0.0727. The van der Waals surface area contributed by atoms with Crippen molar-refractivity contribution in [2.24, 2.45) is 0 Å². The first-order valence-electron chi connectivity index (χ1n) is 7.46. The lowest BCUT2D eigenvalue weighted by molar-refractivity contribution is -0.0184. The summed E-state index contributed by atoms with van der Waals surface area (Å²) in [5.74, 6) is 0. The maximum absolute atomic E-state index is 10.6. The Labute approximate surface area is 118 Å². The molecule has 19 heavy (non-hydrogen) atoms. The molecule has 0 aliphatic rings. The van der Waals surface area contributed by atoms with E-state index in [9.17, 15) is 5.11 Å². The van der Waals surface area contributed by atoms with Crippen molar-refractivity contribution in [3.05, 3.63) is 35.9 Å².